The van der Waals surface area contributed by atoms with Crippen LogP contribution in [-0.2, 0) is 20.8 Å². The highest BCUT2D eigenvalue weighted by molar-refractivity contribution is 7.92. The van der Waals surface area contributed by atoms with Crippen molar-refractivity contribution < 1.29 is 21.4 Å². The highest BCUT2D eigenvalue weighted by Gasteiger charge is 2.58. The Morgan fingerprint density at radius 3 is 2.13 bits per heavy atom. The van der Waals surface area contributed by atoms with Gasteiger partial charge in [-0.05, 0) is 51.7 Å². The van der Waals surface area contributed by atoms with Gasteiger partial charge < -0.3 is 0 Å². The van der Waals surface area contributed by atoms with E-state index in [-0.39, 0.29) is 0 Å². The molecule has 0 spiro atoms. The summed E-state index contributed by atoms with van der Waals surface area (Å²) in [6, 6.07) is 4.99. The van der Waals surface area contributed by atoms with E-state index in [0.29, 0.717) is 12.8 Å². The molecule has 0 aromatic heterocycles. The van der Waals surface area contributed by atoms with Gasteiger partial charge in [0.15, 0.2) is 0 Å². The Bertz CT molecular complexity index is 680. The van der Waals surface area contributed by atoms with Crippen LogP contribution in [-0.4, -0.2) is 28.7 Å². The Kier molecular flexibility index (Phi) is 4.99. The largest absolute Gasteiger partial charge is 0.366 e. The Balaban J connectivity index is 2.36. The Labute approximate surface area is 138 Å². The second-order valence-corrected chi connectivity index (χ2v) is 10.7. The maximum Gasteiger partial charge on any atom is 0.366 e. The topological polar surface area (TPSA) is 63.2 Å². The van der Waals surface area contributed by atoms with Crippen LogP contribution in [0.15, 0.2) is 35.2 Å². The molecule has 1 aromatic rings. The molecule has 0 saturated heterocycles. The van der Waals surface area contributed by atoms with E-state index in [0.717, 1.165) is 12.1 Å². The summed E-state index contributed by atoms with van der Waals surface area (Å²) in [5.41, 5.74) is 0. The van der Waals surface area contributed by atoms with Gasteiger partial charge in [-0.1, -0.05) is 18.2 Å². The number of sulfone groups is 1. The molecule has 2 rings (SSSR count). The van der Waals surface area contributed by atoms with E-state index in [1.807, 2.05) is 0 Å². The molecular formula is C15H21F2NO3S2. The van der Waals surface area contributed by atoms with Crippen molar-refractivity contribution in [2.45, 2.75) is 54.6 Å². The zero-order valence-electron chi connectivity index (χ0n) is 13.3. The van der Waals surface area contributed by atoms with Crippen LogP contribution in [0.3, 0.4) is 0 Å². The smallest absolute Gasteiger partial charge is 0.242 e. The van der Waals surface area contributed by atoms with Gasteiger partial charge in [0.25, 0.3) is 0 Å². The predicted octanol–water partition coefficient (Wildman–Crippen LogP) is 2.88. The molecule has 2 atom stereocenters. The molecule has 1 aliphatic carbocycles. The van der Waals surface area contributed by atoms with Crippen molar-refractivity contribution in [2.24, 2.45) is 5.92 Å². The standard InChI is InChI=1S/C15H21F2NO3S2/c1-14(2,3)22(19)18-13(11-9-10-11)15(16,17)23(20,21)12-7-5-4-6-8-12/h4-8,11,13,18H,9-10H2,1-3H3. The van der Waals surface area contributed by atoms with Gasteiger partial charge in [-0.15, -0.1) is 0 Å². The highest BCUT2D eigenvalue weighted by atomic mass is 32.2. The van der Waals surface area contributed by atoms with Crippen LogP contribution in [0.4, 0.5) is 8.78 Å². The van der Waals surface area contributed by atoms with Gasteiger partial charge in [-0.25, -0.2) is 17.3 Å². The molecule has 4 nitrogen and oxygen atoms in total. The van der Waals surface area contributed by atoms with Crippen LogP contribution in [0, 0.1) is 5.92 Å². The molecule has 1 N–H and O–H groups in total. The molecule has 0 heterocycles. The Morgan fingerprint density at radius 2 is 1.70 bits per heavy atom. The van der Waals surface area contributed by atoms with Crippen LogP contribution in [0.1, 0.15) is 33.6 Å². The molecule has 0 radical (unpaired) electrons. The number of alkyl halides is 2. The van der Waals surface area contributed by atoms with Crippen LogP contribution < -0.4 is 4.72 Å². The third kappa shape index (κ3) is 3.80. The van der Waals surface area contributed by atoms with Gasteiger partial charge in [0.05, 0.1) is 20.6 Å². The summed E-state index contributed by atoms with van der Waals surface area (Å²) in [6.07, 6.45) is 0.998. The SMILES string of the molecule is CC(C)(C)S(=O)NC(C1CC1)C(F)(F)S(=O)(=O)c1ccccc1. The fourth-order valence-corrected chi connectivity index (χ4v) is 4.50. The minimum atomic E-state index is -4.86. The minimum Gasteiger partial charge on any atom is -0.242 e. The maximum atomic E-state index is 14.8. The molecule has 1 saturated carbocycles. The molecule has 130 valence electrons. The summed E-state index contributed by atoms with van der Waals surface area (Å²) >= 11 is 0. The lowest BCUT2D eigenvalue weighted by Crippen LogP contribution is -2.54. The molecule has 0 aliphatic heterocycles. The quantitative estimate of drug-likeness (QED) is 0.843. The summed E-state index contributed by atoms with van der Waals surface area (Å²) in [5.74, 6) is -0.491. The molecule has 1 aromatic carbocycles. The van der Waals surface area contributed by atoms with E-state index >= 15 is 0 Å². The molecule has 0 amide bonds. The second-order valence-electron chi connectivity index (χ2n) is 6.69. The number of hydrogen-bond acceptors (Lipinski definition) is 3. The Hall–Kier alpha value is -0.860. The molecule has 8 heteroatoms. The number of rotatable bonds is 6. The van der Waals surface area contributed by atoms with Crippen molar-refractivity contribution in [1.82, 2.24) is 4.72 Å². The van der Waals surface area contributed by atoms with Crippen LogP contribution >= 0.6 is 0 Å². The van der Waals surface area contributed by atoms with Crippen LogP contribution in [0.25, 0.3) is 0 Å². The van der Waals surface area contributed by atoms with E-state index < -0.39 is 47.7 Å². The van der Waals surface area contributed by atoms with Gasteiger partial charge in [0.2, 0.25) is 9.84 Å². The molecule has 0 bridgehead atoms. The maximum absolute atomic E-state index is 14.8. The lowest BCUT2D eigenvalue weighted by Gasteiger charge is -2.30. The predicted molar refractivity (Wildman–Crippen MR) is 86.1 cm³/mol. The van der Waals surface area contributed by atoms with Crippen molar-refractivity contribution in [3.8, 4) is 0 Å². The van der Waals surface area contributed by atoms with E-state index in [2.05, 4.69) is 4.72 Å². The first-order valence-corrected chi connectivity index (χ1v) is 9.97. The second kappa shape index (κ2) is 6.22. The van der Waals surface area contributed by atoms with Crippen molar-refractivity contribution >= 4 is 20.8 Å². The first kappa shape index (κ1) is 18.5. The third-order valence-electron chi connectivity index (χ3n) is 3.66. The van der Waals surface area contributed by atoms with Crippen LogP contribution in [0.2, 0.25) is 0 Å². The average Bonchev–Trinajstić information content (AvgIpc) is 3.28. The lowest BCUT2D eigenvalue weighted by atomic mass is 10.2. The molecule has 1 fully saturated rings. The number of nitrogens with one attached hydrogen (secondary N) is 1. The van der Waals surface area contributed by atoms with Crippen molar-refractivity contribution in [3.63, 3.8) is 0 Å². The highest BCUT2D eigenvalue weighted by Crippen LogP contribution is 2.44. The molecule has 23 heavy (non-hydrogen) atoms. The molecule has 1 aliphatic rings. The molecular weight excluding hydrogens is 344 g/mol. The minimum absolute atomic E-state index is 0.431. The summed E-state index contributed by atoms with van der Waals surface area (Å²) in [5, 5.41) is -4.03. The summed E-state index contributed by atoms with van der Waals surface area (Å²) < 4.78 is 68.2. The monoisotopic (exact) mass is 365 g/mol. The lowest BCUT2D eigenvalue weighted by molar-refractivity contribution is 0.0479. The van der Waals surface area contributed by atoms with Crippen molar-refractivity contribution in [1.29, 1.82) is 0 Å². The summed E-state index contributed by atoms with van der Waals surface area (Å²) in [7, 11) is -6.64. The summed E-state index contributed by atoms with van der Waals surface area (Å²) in [4.78, 5) is -0.431. The fourth-order valence-electron chi connectivity index (χ4n) is 2.08. The number of halogens is 2. The zero-order valence-corrected chi connectivity index (χ0v) is 14.9. The van der Waals surface area contributed by atoms with E-state index in [1.54, 1.807) is 26.8 Å². The van der Waals surface area contributed by atoms with Gasteiger partial charge in [0.1, 0.15) is 6.04 Å². The first-order valence-electron chi connectivity index (χ1n) is 7.33. The van der Waals surface area contributed by atoms with E-state index in [9.17, 15) is 21.4 Å². The van der Waals surface area contributed by atoms with Crippen molar-refractivity contribution in [3.05, 3.63) is 30.3 Å². The van der Waals surface area contributed by atoms with Gasteiger partial charge in [-0.2, -0.15) is 8.78 Å². The van der Waals surface area contributed by atoms with Gasteiger partial charge >= 0.3 is 5.25 Å². The summed E-state index contributed by atoms with van der Waals surface area (Å²) in [6.45, 7) is 4.93. The fraction of sp³-hybridized carbons (Fsp3) is 0.600. The first-order chi connectivity index (χ1) is 10.5. The third-order valence-corrected chi connectivity index (χ3v) is 7.10. The van der Waals surface area contributed by atoms with Crippen LogP contribution in [0.5, 0.6) is 0 Å². The molecule has 2 unspecified atom stereocenters. The average molecular weight is 365 g/mol. The zero-order chi connectivity index (χ0) is 17.5. The number of hydrogen-bond donors (Lipinski definition) is 1. The van der Waals surface area contributed by atoms with Crippen molar-refractivity contribution in [2.75, 3.05) is 0 Å². The van der Waals surface area contributed by atoms with E-state index in [1.165, 1.54) is 12.1 Å². The van der Waals surface area contributed by atoms with Gasteiger partial charge in [-0.3, -0.25) is 0 Å². The normalized spacial score (nSPS) is 19.3. The van der Waals surface area contributed by atoms with Gasteiger partial charge in [0, 0.05) is 0 Å². The Morgan fingerprint density at radius 1 is 1.17 bits per heavy atom. The van der Waals surface area contributed by atoms with E-state index in [4.69, 9.17) is 0 Å². The number of benzene rings is 1.